The highest BCUT2D eigenvalue weighted by Crippen LogP contribution is 2.23. The summed E-state index contributed by atoms with van der Waals surface area (Å²) in [5, 5.41) is 0.989. The van der Waals surface area contributed by atoms with E-state index in [1.165, 1.54) is 0 Å². The van der Waals surface area contributed by atoms with Gasteiger partial charge in [0.15, 0.2) is 5.82 Å². The largest absolute Gasteiger partial charge is 0.489 e. The van der Waals surface area contributed by atoms with Crippen LogP contribution >= 0.6 is 0 Å². The van der Waals surface area contributed by atoms with Gasteiger partial charge in [0.05, 0.1) is 11.8 Å². The molecule has 5 heteroatoms. The van der Waals surface area contributed by atoms with Crippen LogP contribution in [0, 0.1) is 0 Å². The average molecular weight is 378 g/mol. The molecular weight excluding hydrogens is 360 g/mol. The maximum Gasteiger partial charge on any atom is 0.159 e. The smallest absolute Gasteiger partial charge is 0.159 e. The quantitative estimate of drug-likeness (QED) is 0.429. The first-order valence-corrected chi connectivity index (χ1v) is 9.37. The fraction of sp³-hybridized carbons (Fsp3) is 0.0417. The maximum atomic E-state index is 5.85. The molecule has 3 aromatic carbocycles. The van der Waals surface area contributed by atoms with Gasteiger partial charge in [-0.15, -0.1) is 0 Å². The highest BCUT2D eigenvalue weighted by molar-refractivity contribution is 5.81. The van der Waals surface area contributed by atoms with Crippen LogP contribution in [0.1, 0.15) is 5.56 Å². The molecule has 2 heterocycles. The van der Waals surface area contributed by atoms with Gasteiger partial charge in [-0.25, -0.2) is 15.0 Å². The normalized spacial score (nSPS) is 10.9. The Kier molecular flexibility index (Phi) is 4.47. The SMILES string of the molecule is c1ccc(COc2ccc(-c3ncc4cc(-n5ccnc5)ccc4n3)cc2)cc1. The van der Waals surface area contributed by atoms with Crippen LogP contribution in [0.2, 0.25) is 0 Å². The predicted molar refractivity (Wildman–Crippen MR) is 113 cm³/mol. The third-order valence-electron chi connectivity index (χ3n) is 4.73. The van der Waals surface area contributed by atoms with Crippen LogP contribution in [-0.4, -0.2) is 19.5 Å². The van der Waals surface area contributed by atoms with Crippen molar-refractivity contribution in [3.8, 4) is 22.8 Å². The Bertz CT molecular complexity index is 1230. The third-order valence-corrected chi connectivity index (χ3v) is 4.73. The van der Waals surface area contributed by atoms with Crippen LogP contribution in [-0.2, 0) is 6.61 Å². The van der Waals surface area contributed by atoms with Gasteiger partial charge in [0.25, 0.3) is 0 Å². The number of imidazole rings is 1. The van der Waals surface area contributed by atoms with E-state index in [1.807, 2.05) is 71.6 Å². The average Bonchev–Trinajstić information content (AvgIpc) is 3.33. The molecule has 0 saturated heterocycles. The number of benzene rings is 3. The molecule has 0 amide bonds. The van der Waals surface area contributed by atoms with Crippen LogP contribution in [0.25, 0.3) is 28.0 Å². The number of aromatic nitrogens is 4. The fourth-order valence-corrected chi connectivity index (χ4v) is 3.17. The highest BCUT2D eigenvalue weighted by Gasteiger charge is 2.06. The molecule has 0 spiro atoms. The Morgan fingerprint density at radius 2 is 1.76 bits per heavy atom. The number of ether oxygens (including phenoxy) is 1. The molecule has 0 unspecified atom stereocenters. The molecule has 0 saturated carbocycles. The fourth-order valence-electron chi connectivity index (χ4n) is 3.17. The summed E-state index contributed by atoms with van der Waals surface area (Å²) in [6, 6.07) is 24.1. The van der Waals surface area contributed by atoms with Gasteiger partial charge in [-0.05, 0) is 48.0 Å². The van der Waals surface area contributed by atoms with E-state index in [-0.39, 0.29) is 0 Å². The number of nitrogens with zero attached hydrogens (tertiary/aromatic N) is 4. The summed E-state index contributed by atoms with van der Waals surface area (Å²) in [5.74, 6) is 1.52. The second-order valence-corrected chi connectivity index (χ2v) is 6.71. The van der Waals surface area contributed by atoms with E-state index in [0.717, 1.165) is 33.5 Å². The van der Waals surface area contributed by atoms with Crippen LogP contribution in [0.4, 0.5) is 0 Å². The molecule has 2 aromatic heterocycles. The van der Waals surface area contributed by atoms with Crippen molar-refractivity contribution >= 4 is 10.9 Å². The molecule has 5 nitrogen and oxygen atoms in total. The van der Waals surface area contributed by atoms with E-state index in [2.05, 4.69) is 28.2 Å². The van der Waals surface area contributed by atoms with Crippen LogP contribution in [0.15, 0.2) is 97.7 Å². The minimum atomic E-state index is 0.548. The molecule has 140 valence electrons. The summed E-state index contributed by atoms with van der Waals surface area (Å²) in [6.45, 7) is 0.548. The van der Waals surface area contributed by atoms with E-state index in [4.69, 9.17) is 9.72 Å². The number of hydrogen-bond donors (Lipinski definition) is 0. The van der Waals surface area contributed by atoms with Gasteiger partial charge in [-0.3, -0.25) is 0 Å². The maximum absolute atomic E-state index is 5.85. The van der Waals surface area contributed by atoms with Crippen molar-refractivity contribution in [1.82, 2.24) is 19.5 Å². The van der Waals surface area contributed by atoms with E-state index >= 15 is 0 Å². The van der Waals surface area contributed by atoms with Crippen molar-refractivity contribution in [3.63, 3.8) is 0 Å². The molecule has 0 aliphatic heterocycles. The molecule has 0 bridgehead atoms. The van der Waals surface area contributed by atoms with Crippen LogP contribution < -0.4 is 4.74 Å². The number of hydrogen-bond acceptors (Lipinski definition) is 4. The number of rotatable bonds is 5. The van der Waals surface area contributed by atoms with Crippen molar-refractivity contribution in [3.05, 3.63) is 103 Å². The first kappa shape index (κ1) is 17.1. The minimum absolute atomic E-state index is 0.548. The van der Waals surface area contributed by atoms with Gasteiger partial charge in [0, 0.05) is 35.2 Å². The summed E-state index contributed by atoms with van der Waals surface area (Å²) < 4.78 is 7.81. The van der Waals surface area contributed by atoms with Gasteiger partial charge in [-0.1, -0.05) is 30.3 Å². The van der Waals surface area contributed by atoms with Crippen LogP contribution in [0.5, 0.6) is 5.75 Å². The predicted octanol–water partition coefficient (Wildman–Crippen LogP) is 5.06. The zero-order chi connectivity index (χ0) is 19.5. The van der Waals surface area contributed by atoms with Crippen molar-refractivity contribution in [2.75, 3.05) is 0 Å². The molecule has 0 aliphatic carbocycles. The van der Waals surface area contributed by atoms with Crippen molar-refractivity contribution in [2.24, 2.45) is 0 Å². The van der Waals surface area contributed by atoms with Crippen LogP contribution in [0.3, 0.4) is 0 Å². The molecule has 29 heavy (non-hydrogen) atoms. The molecular formula is C24H18N4O. The molecule has 5 rings (SSSR count). The van der Waals surface area contributed by atoms with E-state index in [9.17, 15) is 0 Å². The second-order valence-electron chi connectivity index (χ2n) is 6.71. The van der Waals surface area contributed by atoms with Gasteiger partial charge in [-0.2, -0.15) is 0 Å². The van der Waals surface area contributed by atoms with Crippen molar-refractivity contribution < 1.29 is 4.74 Å². The lowest BCUT2D eigenvalue weighted by atomic mass is 10.1. The molecule has 0 fully saturated rings. The summed E-state index contributed by atoms with van der Waals surface area (Å²) in [4.78, 5) is 13.4. The Hall–Kier alpha value is -3.99. The Morgan fingerprint density at radius 1 is 0.897 bits per heavy atom. The summed E-state index contributed by atoms with van der Waals surface area (Å²) in [5.41, 5.74) is 4.04. The van der Waals surface area contributed by atoms with Gasteiger partial charge in [0.1, 0.15) is 12.4 Å². The van der Waals surface area contributed by atoms with Crippen molar-refractivity contribution in [1.29, 1.82) is 0 Å². The Labute approximate surface area is 168 Å². The number of fused-ring (bicyclic) bond motifs is 1. The topological polar surface area (TPSA) is 52.8 Å². The van der Waals surface area contributed by atoms with Crippen molar-refractivity contribution in [2.45, 2.75) is 6.61 Å². The summed E-state index contributed by atoms with van der Waals surface area (Å²) in [6.07, 6.45) is 7.31. The minimum Gasteiger partial charge on any atom is -0.489 e. The first-order chi connectivity index (χ1) is 14.3. The molecule has 0 radical (unpaired) electrons. The lowest BCUT2D eigenvalue weighted by Crippen LogP contribution is -1.95. The lowest BCUT2D eigenvalue weighted by molar-refractivity contribution is 0.306. The van der Waals surface area contributed by atoms with Gasteiger partial charge in [0.2, 0.25) is 0 Å². The summed E-state index contributed by atoms with van der Waals surface area (Å²) in [7, 11) is 0. The molecule has 5 aromatic rings. The Balaban J connectivity index is 1.35. The van der Waals surface area contributed by atoms with Gasteiger partial charge < -0.3 is 9.30 Å². The zero-order valence-corrected chi connectivity index (χ0v) is 15.6. The van der Waals surface area contributed by atoms with E-state index in [1.54, 1.807) is 12.5 Å². The van der Waals surface area contributed by atoms with Gasteiger partial charge >= 0.3 is 0 Å². The zero-order valence-electron chi connectivity index (χ0n) is 15.6. The van der Waals surface area contributed by atoms with E-state index in [0.29, 0.717) is 12.4 Å². The summed E-state index contributed by atoms with van der Waals surface area (Å²) >= 11 is 0. The highest BCUT2D eigenvalue weighted by atomic mass is 16.5. The lowest BCUT2D eigenvalue weighted by Gasteiger charge is -2.08. The standard InChI is InChI=1S/C24H18N4O/c1-2-4-18(5-3-1)16-29-22-9-6-19(7-10-22)24-26-15-20-14-21(8-11-23(20)27-24)28-13-12-25-17-28/h1-15,17H,16H2. The second kappa shape index (κ2) is 7.56. The molecule has 0 aliphatic rings. The monoisotopic (exact) mass is 378 g/mol. The van der Waals surface area contributed by atoms with E-state index < -0.39 is 0 Å². The first-order valence-electron chi connectivity index (χ1n) is 9.37. The molecule has 0 atom stereocenters. The third kappa shape index (κ3) is 3.71. The Morgan fingerprint density at radius 3 is 2.55 bits per heavy atom. The molecule has 0 N–H and O–H groups in total.